The highest BCUT2D eigenvalue weighted by atomic mass is 35.5. The molecule has 0 N–H and O–H groups in total. The van der Waals surface area contributed by atoms with Crippen LogP contribution >= 0.6 is 11.6 Å². The zero-order valence-corrected chi connectivity index (χ0v) is 8.01. The molecule has 0 atom stereocenters. The molecule has 0 amide bonds. The van der Waals surface area contributed by atoms with Gasteiger partial charge in [-0.1, -0.05) is 35.9 Å². The molecule has 1 aromatic carbocycles. The predicted octanol–water partition coefficient (Wildman–Crippen LogP) is 3.85. The highest BCUT2D eigenvalue weighted by Crippen LogP contribution is 2.10. The molecular weight excluding hydrogens is 168 g/mol. The van der Waals surface area contributed by atoms with Crippen LogP contribution in [0.1, 0.15) is 18.9 Å². The van der Waals surface area contributed by atoms with Crippen LogP contribution in [-0.4, -0.2) is 0 Å². The fraction of sp³-hybridized carbons (Fsp3) is 0.273. The first kappa shape index (κ1) is 9.34. The van der Waals surface area contributed by atoms with Crippen LogP contribution < -0.4 is 0 Å². The number of halogens is 1. The van der Waals surface area contributed by atoms with Crippen LogP contribution in [0.4, 0.5) is 0 Å². The van der Waals surface area contributed by atoms with Crippen LogP contribution in [0, 0.1) is 0 Å². The van der Waals surface area contributed by atoms with Crippen LogP contribution in [0.15, 0.2) is 36.4 Å². The molecule has 1 heteroatoms. The van der Waals surface area contributed by atoms with Gasteiger partial charge in [0.15, 0.2) is 0 Å². The van der Waals surface area contributed by atoms with Crippen molar-refractivity contribution in [3.63, 3.8) is 0 Å². The first-order valence-electron chi connectivity index (χ1n) is 4.18. The van der Waals surface area contributed by atoms with E-state index in [1.807, 2.05) is 19.1 Å². The average Bonchev–Trinajstić information content (AvgIpc) is 2.09. The molecule has 0 heterocycles. The van der Waals surface area contributed by atoms with E-state index in [-0.39, 0.29) is 0 Å². The van der Waals surface area contributed by atoms with Gasteiger partial charge in [-0.15, -0.1) is 0 Å². The lowest BCUT2D eigenvalue weighted by Crippen LogP contribution is -1.81. The monoisotopic (exact) mass is 180 g/mol. The fourth-order valence-electron chi connectivity index (χ4n) is 1.07. The zero-order valence-electron chi connectivity index (χ0n) is 7.26. The Morgan fingerprint density at radius 3 is 2.50 bits per heavy atom. The van der Waals surface area contributed by atoms with Crippen LogP contribution in [0.2, 0.25) is 5.02 Å². The maximum absolute atomic E-state index is 5.76. The van der Waals surface area contributed by atoms with E-state index in [9.17, 15) is 0 Å². The van der Waals surface area contributed by atoms with Crippen molar-refractivity contribution in [2.75, 3.05) is 0 Å². The molecular formula is C11H13Cl. The van der Waals surface area contributed by atoms with Gasteiger partial charge < -0.3 is 0 Å². The van der Waals surface area contributed by atoms with Gasteiger partial charge in [0.2, 0.25) is 0 Å². The second-order valence-electron chi connectivity index (χ2n) is 2.73. The summed E-state index contributed by atoms with van der Waals surface area (Å²) in [5.74, 6) is 0. The van der Waals surface area contributed by atoms with Gasteiger partial charge in [0.25, 0.3) is 0 Å². The molecule has 1 aromatic rings. The molecule has 0 radical (unpaired) electrons. The van der Waals surface area contributed by atoms with Gasteiger partial charge in [-0.3, -0.25) is 0 Å². The highest BCUT2D eigenvalue weighted by molar-refractivity contribution is 6.30. The third-order valence-electron chi connectivity index (χ3n) is 1.75. The molecule has 0 aliphatic carbocycles. The topological polar surface area (TPSA) is 0 Å². The second-order valence-corrected chi connectivity index (χ2v) is 3.17. The lowest BCUT2D eigenvalue weighted by molar-refractivity contribution is 1.000. The Balaban J connectivity index is 2.47. The van der Waals surface area contributed by atoms with E-state index in [1.165, 1.54) is 5.56 Å². The molecule has 0 saturated heterocycles. The number of rotatable bonds is 3. The maximum atomic E-state index is 5.76. The number of hydrogen-bond acceptors (Lipinski definition) is 0. The molecule has 12 heavy (non-hydrogen) atoms. The standard InChI is InChI=1S/C11H13Cl/c1-2-3-4-5-10-6-8-11(12)9-7-10/h2-3,6-9H,4-5H2,1H3. The average molecular weight is 181 g/mol. The Labute approximate surface area is 78.9 Å². The summed E-state index contributed by atoms with van der Waals surface area (Å²) < 4.78 is 0. The Kier molecular flexibility index (Phi) is 3.89. The third kappa shape index (κ3) is 3.10. The summed E-state index contributed by atoms with van der Waals surface area (Å²) in [5, 5.41) is 0.810. The smallest absolute Gasteiger partial charge is 0.0406 e. The molecule has 0 nitrogen and oxygen atoms in total. The number of hydrogen-bond donors (Lipinski definition) is 0. The minimum atomic E-state index is 0.810. The first-order chi connectivity index (χ1) is 5.83. The largest absolute Gasteiger partial charge is 0.0917 e. The van der Waals surface area contributed by atoms with Crippen molar-refractivity contribution in [3.8, 4) is 0 Å². The van der Waals surface area contributed by atoms with Gasteiger partial charge in [-0.05, 0) is 37.5 Å². The van der Waals surface area contributed by atoms with E-state index < -0.39 is 0 Å². The summed E-state index contributed by atoms with van der Waals surface area (Å²) in [6, 6.07) is 8.02. The third-order valence-corrected chi connectivity index (χ3v) is 2.00. The molecule has 0 bridgehead atoms. The minimum Gasteiger partial charge on any atom is -0.0917 e. The number of benzene rings is 1. The van der Waals surface area contributed by atoms with Gasteiger partial charge in [0.1, 0.15) is 0 Å². The molecule has 0 aromatic heterocycles. The Bertz CT molecular complexity index is 246. The molecule has 0 unspecified atom stereocenters. The van der Waals surface area contributed by atoms with Gasteiger partial charge in [0, 0.05) is 5.02 Å². The van der Waals surface area contributed by atoms with Crippen molar-refractivity contribution in [1.82, 2.24) is 0 Å². The van der Waals surface area contributed by atoms with Crippen molar-refractivity contribution in [2.24, 2.45) is 0 Å². The molecule has 64 valence electrons. The molecule has 0 spiro atoms. The van der Waals surface area contributed by atoms with E-state index in [4.69, 9.17) is 11.6 Å². The summed E-state index contributed by atoms with van der Waals surface area (Å²) in [5.41, 5.74) is 1.34. The maximum Gasteiger partial charge on any atom is 0.0406 e. The first-order valence-corrected chi connectivity index (χ1v) is 4.56. The van der Waals surface area contributed by atoms with Crippen molar-refractivity contribution >= 4 is 11.6 Å². The van der Waals surface area contributed by atoms with Crippen LogP contribution in [-0.2, 0) is 6.42 Å². The zero-order chi connectivity index (χ0) is 8.81. The van der Waals surface area contributed by atoms with Crippen molar-refractivity contribution in [1.29, 1.82) is 0 Å². The lowest BCUT2D eigenvalue weighted by Gasteiger charge is -1.97. The fourth-order valence-corrected chi connectivity index (χ4v) is 1.19. The summed E-state index contributed by atoms with van der Waals surface area (Å²) in [6.45, 7) is 2.04. The number of allylic oxidation sites excluding steroid dienone is 2. The van der Waals surface area contributed by atoms with E-state index >= 15 is 0 Å². The van der Waals surface area contributed by atoms with Gasteiger partial charge in [0.05, 0.1) is 0 Å². The molecule has 0 aliphatic heterocycles. The Morgan fingerprint density at radius 1 is 1.25 bits per heavy atom. The predicted molar refractivity (Wildman–Crippen MR) is 54.6 cm³/mol. The molecule has 0 saturated carbocycles. The summed E-state index contributed by atoms with van der Waals surface area (Å²) in [7, 11) is 0. The summed E-state index contributed by atoms with van der Waals surface area (Å²) in [4.78, 5) is 0. The van der Waals surface area contributed by atoms with Gasteiger partial charge >= 0.3 is 0 Å². The molecule has 1 rings (SSSR count). The minimum absolute atomic E-state index is 0.810. The van der Waals surface area contributed by atoms with Gasteiger partial charge in [-0.2, -0.15) is 0 Å². The Morgan fingerprint density at radius 2 is 1.92 bits per heavy atom. The van der Waals surface area contributed by atoms with Crippen molar-refractivity contribution in [3.05, 3.63) is 47.0 Å². The molecule has 0 aliphatic rings. The van der Waals surface area contributed by atoms with E-state index in [0.29, 0.717) is 0 Å². The van der Waals surface area contributed by atoms with Crippen molar-refractivity contribution < 1.29 is 0 Å². The number of aryl methyl sites for hydroxylation is 1. The normalized spacial score (nSPS) is 10.8. The van der Waals surface area contributed by atoms with E-state index in [2.05, 4.69) is 24.3 Å². The van der Waals surface area contributed by atoms with E-state index in [0.717, 1.165) is 17.9 Å². The lowest BCUT2D eigenvalue weighted by atomic mass is 10.1. The van der Waals surface area contributed by atoms with Crippen LogP contribution in [0.25, 0.3) is 0 Å². The summed E-state index contributed by atoms with van der Waals surface area (Å²) >= 11 is 5.76. The van der Waals surface area contributed by atoms with Crippen LogP contribution in [0.5, 0.6) is 0 Å². The SMILES string of the molecule is CC=CCCc1ccc(Cl)cc1. The quantitative estimate of drug-likeness (QED) is 0.620. The Hall–Kier alpha value is -0.750. The van der Waals surface area contributed by atoms with E-state index in [1.54, 1.807) is 0 Å². The van der Waals surface area contributed by atoms with Crippen LogP contribution in [0.3, 0.4) is 0 Å². The van der Waals surface area contributed by atoms with Crippen molar-refractivity contribution in [2.45, 2.75) is 19.8 Å². The summed E-state index contributed by atoms with van der Waals surface area (Å²) in [6.07, 6.45) is 6.46. The van der Waals surface area contributed by atoms with Gasteiger partial charge in [-0.25, -0.2) is 0 Å². The second kappa shape index (κ2) is 5.00. The molecule has 0 fully saturated rings. The highest BCUT2D eigenvalue weighted by Gasteiger charge is 1.90.